The van der Waals surface area contributed by atoms with Crippen LogP contribution in [0, 0.1) is 5.82 Å². The minimum absolute atomic E-state index is 0.186. The summed E-state index contributed by atoms with van der Waals surface area (Å²) in [5, 5.41) is 6.45. The van der Waals surface area contributed by atoms with Gasteiger partial charge in [0.15, 0.2) is 0 Å². The number of fused-ring (bicyclic) bond motifs is 1. The number of para-hydroxylation sites is 1. The molecule has 28 heavy (non-hydrogen) atoms. The van der Waals surface area contributed by atoms with Gasteiger partial charge in [0.25, 0.3) is 0 Å². The molecule has 0 fully saturated rings. The van der Waals surface area contributed by atoms with E-state index < -0.39 is 6.04 Å². The van der Waals surface area contributed by atoms with Gasteiger partial charge in [0, 0.05) is 29.6 Å². The topological polar surface area (TPSA) is 74.0 Å². The molecule has 0 aliphatic carbocycles. The summed E-state index contributed by atoms with van der Waals surface area (Å²) in [6.45, 7) is 4.02. The van der Waals surface area contributed by atoms with Crippen molar-refractivity contribution in [3.8, 4) is 11.3 Å². The van der Waals surface area contributed by atoms with Crippen LogP contribution in [0.1, 0.15) is 25.8 Å². The summed E-state index contributed by atoms with van der Waals surface area (Å²) in [5.74, 6) is -0.677. The molecule has 0 saturated heterocycles. The molecule has 0 saturated carbocycles. The number of benzene rings is 2. The number of hydrogen-bond acceptors (Lipinski definition) is 2. The van der Waals surface area contributed by atoms with Gasteiger partial charge >= 0.3 is 0 Å². The molecule has 5 nitrogen and oxygen atoms in total. The molecule has 1 heterocycles. The summed E-state index contributed by atoms with van der Waals surface area (Å²) in [6.07, 6.45) is 0.754. The molecule has 0 bridgehead atoms. The maximum absolute atomic E-state index is 13.3. The third-order valence-electron chi connectivity index (χ3n) is 4.67. The Morgan fingerprint density at radius 1 is 1.11 bits per heavy atom. The second kappa shape index (κ2) is 8.69. The molecule has 6 heteroatoms. The maximum atomic E-state index is 13.3. The number of halogens is 1. The molecule has 3 N–H and O–H groups in total. The van der Waals surface area contributed by atoms with Gasteiger partial charge in [-0.3, -0.25) is 9.59 Å². The molecule has 0 aliphatic heterocycles. The van der Waals surface area contributed by atoms with Crippen molar-refractivity contribution in [2.75, 3.05) is 6.54 Å². The standard InChI is InChI=1S/C22H24FN3O2/c1-3-24-22(28)14(2)25-20(27)13-12-18-17-6-4-5-7-19(17)26-21(18)15-8-10-16(23)11-9-15/h4-11,14,26H,3,12-13H2,1-2H3,(H,24,28)(H,25,27)/t14-/m0/s1. The van der Waals surface area contributed by atoms with Crippen molar-refractivity contribution in [2.45, 2.75) is 32.7 Å². The molecule has 3 rings (SSSR count). The zero-order valence-corrected chi connectivity index (χ0v) is 16.0. The van der Waals surface area contributed by atoms with Crippen LogP contribution in [-0.4, -0.2) is 29.4 Å². The normalized spacial score (nSPS) is 12.0. The Hall–Kier alpha value is -3.15. The van der Waals surface area contributed by atoms with E-state index >= 15 is 0 Å². The molecule has 3 aromatic rings. The average Bonchev–Trinajstić information content (AvgIpc) is 3.05. The number of H-pyrrole nitrogens is 1. The van der Waals surface area contributed by atoms with Gasteiger partial charge in [0.05, 0.1) is 0 Å². The van der Waals surface area contributed by atoms with Gasteiger partial charge in [-0.2, -0.15) is 0 Å². The number of amides is 2. The summed E-state index contributed by atoms with van der Waals surface area (Å²) >= 11 is 0. The SMILES string of the molecule is CCNC(=O)[C@H](C)NC(=O)CCc1c(-c2ccc(F)cc2)[nH]c2ccccc12. The fraction of sp³-hybridized carbons (Fsp3) is 0.273. The minimum atomic E-state index is -0.577. The Bertz CT molecular complexity index is 979. The zero-order chi connectivity index (χ0) is 20.1. The van der Waals surface area contributed by atoms with Crippen LogP contribution in [0.4, 0.5) is 4.39 Å². The van der Waals surface area contributed by atoms with E-state index in [0.717, 1.165) is 27.7 Å². The van der Waals surface area contributed by atoms with E-state index in [2.05, 4.69) is 15.6 Å². The number of carbonyl (C=O) groups is 2. The summed E-state index contributed by atoms with van der Waals surface area (Å²) in [5.41, 5.74) is 3.71. The van der Waals surface area contributed by atoms with E-state index in [1.165, 1.54) is 12.1 Å². The van der Waals surface area contributed by atoms with Gasteiger partial charge in [-0.25, -0.2) is 4.39 Å². The first-order chi connectivity index (χ1) is 13.5. The van der Waals surface area contributed by atoms with Gasteiger partial charge in [-0.15, -0.1) is 0 Å². The number of aromatic nitrogens is 1. The van der Waals surface area contributed by atoms with Crippen LogP contribution < -0.4 is 10.6 Å². The minimum Gasteiger partial charge on any atom is -0.355 e. The van der Waals surface area contributed by atoms with Gasteiger partial charge in [0.2, 0.25) is 11.8 Å². The fourth-order valence-corrected chi connectivity index (χ4v) is 3.27. The molecule has 2 aromatic carbocycles. The van der Waals surface area contributed by atoms with Crippen molar-refractivity contribution in [3.63, 3.8) is 0 Å². The van der Waals surface area contributed by atoms with E-state index in [1.54, 1.807) is 19.1 Å². The molecule has 0 radical (unpaired) electrons. The molecular weight excluding hydrogens is 357 g/mol. The van der Waals surface area contributed by atoms with E-state index in [0.29, 0.717) is 13.0 Å². The van der Waals surface area contributed by atoms with Gasteiger partial charge in [-0.1, -0.05) is 18.2 Å². The number of aromatic amines is 1. The Morgan fingerprint density at radius 3 is 2.54 bits per heavy atom. The monoisotopic (exact) mass is 381 g/mol. The number of likely N-dealkylation sites (N-methyl/N-ethyl adjacent to an activating group) is 1. The third-order valence-corrected chi connectivity index (χ3v) is 4.67. The van der Waals surface area contributed by atoms with E-state index in [-0.39, 0.29) is 24.1 Å². The van der Waals surface area contributed by atoms with Gasteiger partial charge in [-0.05, 0) is 61.7 Å². The molecule has 0 aliphatic rings. The quantitative estimate of drug-likeness (QED) is 0.586. The fourth-order valence-electron chi connectivity index (χ4n) is 3.27. The largest absolute Gasteiger partial charge is 0.355 e. The van der Waals surface area contributed by atoms with Crippen LogP contribution in [0.3, 0.4) is 0 Å². The lowest BCUT2D eigenvalue weighted by molar-refractivity contribution is -0.128. The first kappa shape index (κ1) is 19.6. The van der Waals surface area contributed by atoms with Crippen LogP contribution in [0.2, 0.25) is 0 Å². The van der Waals surface area contributed by atoms with E-state index in [1.807, 2.05) is 31.2 Å². The van der Waals surface area contributed by atoms with Crippen LogP contribution in [0.25, 0.3) is 22.2 Å². The van der Waals surface area contributed by atoms with Crippen LogP contribution in [-0.2, 0) is 16.0 Å². The predicted molar refractivity (Wildman–Crippen MR) is 108 cm³/mol. The Kier molecular flexibility index (Phi) is 6.09. The lowest BCUT2D eigenvalue weighted by Crippen LogP contribution is -2.44. The highest BCUT2D eigenvalue weighted by Crippen LogP contribution is 2.31. The lowest BCUT2D eigenvalue weighted by Gasteiger charge is -2.13. The molecule has 146 valence electrons. The molecular formula is C22H24FN3O2. The molecule has 2 amide bonds. The zero-order valence-electron chi connectivity index (χ0n) is 16.0. The summed E-state index contributed by atoms with van der Waals surface area (Å²) in [4.78, 5) is 27.5. The molecule has 1 aromatic heterocycles. The van der Waals surface area contributed by atoms with Crippen molar-refractivity contribution in [1.29, 1.82) is 0 Å². The first-order valence-corrected chi connectivity index (χ1v) is 9.42. The van der Waals surface area contributed by atoms with Crippen molar-refractivity contribution in [3.05, 3.63) is 59.9 Å². The van der Waals surface area contributed by atoms with Crippen molar-refractivity contribution < 1.29 is 14.0 Å². The van der Waals surface area contributed by atoms with Crippen molar-refractivity contribution in [2.24, 2.45) is 0 Å². The Morgan fingerprint density at radius 2 is 1.82 bits per heavy atom. The molecule has 1 atom stereocenters. The van der Waals surface area contributed by atoms with E-state index in [4.69, 9.17) is 0 Å². The van der Waals surface area contributed by atoms with Gasteiger partial charge < -0.3 is 15.6 Å². The summed E-state index contributed by atoms with van der Waals surface area (Å²) < 4.78 is 13.3. The first-order valence-electron chi connectivity index (χ1n) is 9.42. The lowest BCUT2D eigenvalue weighted by atomic mass is 10.0. The second-order valence-electron chi connectivity index (χ2n) is 6.71. The van der Waals surface area contributed by atoms with Crippen LogP contribution in [0.15, 0.2) is 48.5 Å². The second-order valence-corrected chi connectivity index (χ2v) is 6.71. The summed E-state index contributed by atoms with van der Waals surface area (Å²) in [6, 6.07) is 13.6. The number of carbonyl (C=O) groups excluding carboxylic acids is 2. The highest BCUT2D eigenvalue weighted by molar-refractivity contribution is 5.92. The molecule has 0 unspecified atom stereocenters. The summed E-state index contributed by atoms with van der Waals surface area (Å²) in [7, 11) is 0. The number of hydrogen-bond donors (Lipinski definition) is 3. The predicted octanol–water partition coefficient (Wildman–Crippen LogP) is 3.55. The Labute approximate surface area is 163 Å². The van der Waals surface area contributed by atoms with E-state index in [9.17, 15) is 14.0 Å². The molecule has 0 spiro atoms. The smallest absolute Gasteiger partial charge is 0.242 e. The highest BCUT2D eigenvalue weighted by Gasteiger charge is 2.17. The van der Waals surface area contributed by atoms with Crippen molar-refractivity contribution in [1.82, 2.24) is 15.6 Å². The number of rotatable bonds is 7. The maximum Gasteiger partial charge on any atom is 0.242 e. The average molecular weight is 381 g/mol. The highest BCUT2D eigenvalue weighted by atomic mass is 19.1. The Balaban J connectivity index is 1.80. The number of aryl methyl sites for hydroxylation is 1. The van der Waals surface area contributed by atoms with Crippen LogP contribution >= 0.6 is 0 Å². The van der Waals surface area contributed by atoms with Crippen LogP contribution in [0.5, 0.6) is 0 Å². The number of nitrogens with one attached hydrogen (secondary N) is 3. The third kappa shape index (κ3) is 4.39. The van der Waals surface area contributed by atoms with Gasteiger partial charge in [0.1, 0.15) is 11.9 Å². The van der Waals surface area contributed by atoms with Crippen molar-refractivity contribution >= 4 is 22.7 Å².